The van der Waals surface area contributed by atoms with Crippen LogP contribution in [0.1, 0.15) is 65.7 Å². The highest BCUT2D eigenvalue weighted by atomic mass is 16.1. The Labute approximate surface area is 130 Å². The quantitative estimate of drug-likeness (QED) is 0.609. The summed E-state index contributed by atoms with van der Waals surface area (Å²) in [6.45, 7) is 10.9. The van der Waals surface area contributed by atoms with Crippen molar-refractivity contribution in [1.29, 1.82) is 0 Å². The van der Waals surface area contributed by atoms with Gasteiger partial charge in [-0.2, -0.15) is 0 Å². The Kier molecular flexibility index (Phi) is 8.27. The van der Waals surface area contributed by atoms with Gasteiger partial charge in [-0.05, 0) is 71.0 Å². The van der Waals surface area contributed by atoms with Crippen LogP contribution < -0.4 is 11.1 Å². The highest BCUT2D eigenvalue weighted by Gasteiger charge is 2.29. The molecule has 2 unspecified atom stereocenters. The van der Waals surface area contributed by atoms with Crippen molar-refractivity contribution < 1.29 is 4.79 Å². The SMILES string of the molecule is CCCNC(C)(CCCCN1CCCC(CC)C1)C(N)=O. The van der Waals surface area contributed by atoms with Crippen LogP contribution in [0.4, 0.5) is 0 Å². The third-order valence-electron chi connectivity index (χ3n) is 4.89. The Morgan fingerprint density at radius 1 is 1.38 bits per heavy atom. The number of hydrogen-bond donors (Lipinski definition) is 2. The smallest absolute Gasteiger partial charge is 0.237 e. The van der Waals surface area contributed by atoms with Crippen LogP contribution in [0.3, 0.4) is 0 Å². The molecular weight excluding hydrogens is 262 g/mol. The van der Waals surface area contributed by atoms with Crippen LogP contribution in [0, 0.1) is 5.92 Å². The highest BCUT2D eigenvalue weighted by Crippen LogP contribution is 2.20. The van der Waals surface area contributed by atoms with Crippen molar-refractivity contribution in [2.45, 2.75) is 71.3 Å². The normalized spacial score (nSPS) is 22.9. The van der Waals surface area contributed by atoms with Gasteiger partial charge in [-0.25, -0.2) is 0 Å². The van der Waals surface area contributed by atoms with Crippen LogP contribution in [0.2, 0.25) is 0 Å². The molecule has 1 rings (SSSR count). The molecule has 0 aromatic heterocycles. The minimum absolute atomic E-state index is 0.222. The lowest BCUT2D eigenvalue weighted by Gasteiger charge is -2.32. The van der Waals surface area contributed by atoms with Gasteiger partial charge in [-0.1, -0.05) is 20.3 Å². The summed E-state index contributed by atoms with van der Waals surface area (Å²) in [7, 11) is 0. The molecule has 1 fully saturated rings. The second kappa shape index (κ2) is 9.42. The molecule has 0 bridgehead atoms. The first kappa shape index (κ1) is 18.4. The van der Waals surface area contributed by atoms with Crippen LogP contribution in [-0.4, -0.2) is 42.5 Å². The summed E-state index contributed by atoms with van der Waals surface area (Å²) in [5.74, 6) is 0.667. The average Bonchev–Trinajstić information content (AvgIpc) is 2.49. The van der Waals surface area contributed by atoms with Crippen molar-refractivity contribution >= 4 is 5.91 Å². The second-order valence-corrected chi connectivity index (χ2v) is 6.80. The standard InChI is InChI=1S/C17H35N3O/c1-4-11-19-17(3,16(18)21)10-6-7-12-20-13-8-9-15(5-2)14-20/h15,19H,4-14H2,1-3H3,(H2,18,21). The third-order valence-corrected chi connectivity index (χ3v) is 4.89. The zero-order chi connectivity index (χ0) is 15.7. The number of carbonyl (C=O) groups excluding carboxylic acids is 1. The van der Waals surface area contributed by atoms with Crippen molar-refractivity contribution in [3.05, 3.63) is 0 Å². The fraction of sp³-hybridized carbons (Fsp3) is 0.941. The molecule has 0 spiro atoms. The van der Waals surface area contributed by atoms with E-state index in [9.17, 15) is 4.79 Å². The molecule has 0 aromatic carbocycles. The van der Waals surface area contributed by atoms with E-state index < -0.39 is 5.54 Å². The summed E-state index contributed by atoms with van der Waals surface area (Å²) in [6.07, 6.45) is 8.12. The molecule has 1 aliphatic heterocycles. The molecule has 4 nitrogen and oxygen atoms in total. The number of unbranched alkanes of at least 4 members (excludes halogenated alkanes) is 1. The Balaban J connectivity index is 2.26. The molecular formula is C17H35N3O. The predicted molar refractivity (Wildman–Crippen MR) is 89.2 cm³/mol. The van der Waals surface area contributed by atoms with Gasteiger partial charge in [0.2, 0.25) is 5.91 Å². The van der Waals surface area contributed by atoms with E-state index in [1.807, 2.05) is 6.92 Å². The molecule has 0 radical (unpaired) electrons. The van der Waals surface area contributed by atoms with E-state index in [1.165, 1.54) is 38.9 Å². The van der Waals surface area contributed by atoms with Gasteiger partial charge in [-0.3, -0.25) is 4.79 Å². The molecule has 0 aromatic rings. The molecule has 21 heavy (non-hydrogen) atoms. The number of carbonyl (C=O) groups is 1. The highest BCUT2D eigenvalue weighted by molar-refractivity contribution is 5.84. The fourth-order valence-electron chi connectivity index (χ4n) is 3.20. The first-order chi connectivity index (χ1) is 10.0. The van der Waals surface area contributed by atoms with E-state index in [0.717, 1.165) is 38.1 Å². The summed E-state index contributed by atoms with van der Waals surface area (Å²) in [6, 6.07) is 0. The monoisotopic (exact) mass is 297 g/mol. The largest absolute Gasteiger partial charge is 0.368 e. The lowest BCUT2D eigenvalue weighted by atomic mass is 9.93. The molecule has 1 heterocycles. The number of rotatable bonds is 10. The Morgan fingerprint density at radius 2 is 2.14 bits per heavy atom. The van der Waals surface area contributed by atoms with E-state index in [4.69, 9.17) is 5.73 Å². The van der Waals surface area contributed by atoms with Gasteiger partial charge in [-0.15, -0.1) is 0 Å². The summed E-state index contributed by atoms with van der Waals surface area (Å²) >= 11 is 0. The minimum atomic E-state index is -0.538. The molecule has 1 aliphatic rings. The molecule has 1 saturated heterocycles. The lowest BCUT2D eigenvalue weighted by Crippen LogP contribution is -2.53. The second-order valence-electron chi connectivity index (χ2n) is 6.80. The summed E-state index contributed by atoms with van der Waals surface area (Å²) < 4.78 is 0. The molecule has 124 valence electrons. The van der Waals surface area contributed by atoms with Gasteiger partial charge < -0.3 is 16.0 Å². The molecule has 0 saturated carbocycles. The van der Waals surface area contributed by atoms with E-state index >= 15 is 0 Å². The molecule has 0 aliphatic carbocycles. The number of piperidine rings is 1. The van der Waals surface area contributed by atoms with Crippen molar-refractivity contribution in [3.63, 3.8) is 0 Å². The molecule has 3 N–H and O–H groups in total. The molecule has 1 amide bonds. The first-order valence-electron chi connectivity index (χ1n) is 8.79. The van der Waals surface area contributed by atoms with E-state index in [2.05, 4.69) is 24.1 Å². The van der Waals surface area contributed by atoms with Crippen LogP contribution in [-0.2, 0) is 4.79 Å². The number of nitrogens with two attached hydrogens (primary N) is 1. The van der Waals surface area contributed by atoms with Crippen LogP contribution in [0.15, 0.2) is 0 Å². The van der Waals surface area contributed by atoms with Gasteiger partial charge in [0.25, 0.3) is 0 Å². The number of nitrogens with zero attached hydrogens (tertiary/aromatic N) is 1. The van der Waals surface area contributed by atoms with Crippen LogP contribution in [0.5, 0.6) is 0 Å². The number of primary amides is 1. The number of amides is 1. The Morgan fingerprint density at radius 3 is 2.76 bits per heavy atom. The van der Waals surface area contributed by atoms with E-state index in [-0.39, 0.29) is 5.91 Å². The van der Waals surface area contributed by atoms with E-state index in [0.29, 0.717) is 0 Å². The zero-order valence-corrected chi connectivity index (χ0v) is 14.3. The zero-order valence-electron chi connectivity index (χ0n) is 14.3. The maximum absolute atomic E-state index is 11.7. The van der Waals surface area contributed by atoms with Crippen LogP contribution >= 0.6 is 0 Å². The fourth-order valence-corrected chi connectivity index (χ4v) is 3.20. The first-order valence-corrected chi connectivity index (χ1v) is 8.79. The van der Waals surface area contributed by atoms with E-state index in [1.54, 1.807) is 0 Å². The topological polar surface area (TPSA) is 58.4 Å². The Bertz CT molecular complexity index is 308. The summed E-state index contributed by atoms with van der Waals surface area (Å²) in [5.41, 5.74) is 5.02. The van der Waals surface area contributed by atoms with Gasteiger partial charge in [0.1, 0.15) is 0 Å². The van der Waals surface area contributed by atoms with Crippen molar-refractivity contribution in [3.8, 4) is 0 Å². The van der Waals surface area contributed by atoms with Gasteiger partial charge in [0, 0.05) is 6.54 Å². The van der Waals surface area contributed by atoms with Crippen molar-refractivity contribution in [2.24, 2.45) is 11.7 Å². The van der Waals surface area contributed by atoms with Gasteiger partial charge >= 0.3 is 0 Å². The van der Waals surface area contributed by atoms with Crippen molar-refractivity contribution in [1.82, 2.24) is 10.2 Å². The van der Waals surface area contributed by atoms with Gasteiger partial charge in [0.15, 0.2) is 0 Å². The maximum atomic E-state index is 11.7. The number of nitrogens with one attached hydrogen (secondary N) is 1. The van der Waals surface area contributed by atoms with Gasteiger partial charge in [0.05, 0.1) is 5.54 Å². The summed E-state index contributed by atoms with van der Waals surface area (Å²) in [4.78, 5) is 14.3. The summed E-state index contributed by atoms with van der Waals surface area (Å²) in [5, 5.41) is 3.31. The molecule has 4 heteroatoms. The number of likely N-dealkylation sites (tertiary alicyclic amines) is 1. The molecule has 2 atom stereocenters. The maximum Gasteiger partial charge on any atom is 0.237 e. The Hall–Kier alpha value is -0.610. The average molecular weight is 297 g/mol. The van der Waals surface area contributed by atoms with Crippen LogP contribution in [0.25, 0.3) is 0 Å². The third kappa shape index (κ3) is 6.35. The minimum Gasteiger partial charge on any atom is -0.368 e. The number of hydrogen-bond acceptors (Lipinski definition) is 3. The lowest BCUT2D eigenvalue weighted by molar-refractivity contribution is -0.124. The van der Waals surface area contributed by atoms with Crippen molar-refractivity contribution in [2.75, 3.05) is 26.2 Å². The predicted octanol–water partition coefficient (Wildman–Crippen LogP) is 2.52.